The first-order chi connectivity index (χ1) is 11.2. The highest BCUT2D eigenvalue weighted by atomic mass is 15.3. The normalized spacial score (nSPS) is 16.1. The van der Waals surface area contributed by atoms with Gasteiger partial charge in [0.2, 0.25) is 0 Å². The number of hydrogen-bond donors (Lipinski definition) is 1. The topological polar surface area (TPSA) is 62.7 Å². The van der Waals surface area contributed by atoms with Gasteiger partial charge in [0, 0.05) is 43.6 Å². The van der Waals surface area contributed by atoms with Gasteiger partial charge in [-0.1, -0.05) is 12.1 Å². The van der Waals surface area contributed by atoms with Crippen LogP contribution in [-0.2, 0) is 0 Å². The monoisotopic (exact) mass is 308 g/mol. The molecule has 6 heteroatoms. The van der Waals surface area contributed by atoms with E-state index < -0.39 is 0 Å². The van der Waals surface area contributed by atoms with Gasteiger partial charge in [0.25, 0.3) is 0 Å². The molecule has 0 aliphatic carbocycles. The third kappa shape index (κ3) is 2.51. The Labute approximate surface area is 135 Å². The number of nitrogens with zero attached hydrogens (tertiary/aromatic N) is 5. The van der Waals surface area contributed by atoms with Crippen molar-refractivity contribution in [3.63, 3.8) is 0 Å². The van der Waals surface area contributed by atoms with Crippen LogP contribution in [0.5, 0.6) is 0 Å². The minimum Gasteiger partial charge on any atom is -0.384 e. The molecule has 0 saturated carbocycles. The summed E-state index contributed by atoms with van der Waals surface area (Å²) in [7, 11) is 2.17. The van der Waals surface area contributed by atoms with Gasteiger partial charge in [0.05, 0.1) is 6.20 Å². The summed E-state index contributed by atoms with van der Waals surface area (Å²) in [5.41, 5.74) is 10.1. The van der Waals surface area contributed by atoms with Gasteiger partial charge in [-0.2, -0.15) is 9.61 Å². The number of anilines is 2. The summed E-state index contributed by atoms with van der Waals surface area (Å²) in [6.07, 6.45) is 3.54. The van der Waals surface area contributed by atoms with Crippen LogP contribution >= 0.6 is 0 Å². The molecule has 1 fully saturated rings. The van der Waals surface area contributed by atoms with E-state index in [1.807, 2.05) is 6.20 Å². The van der Waals surface area contributed by atoms with Crippen LogP contribution in [0.1, 0.15) is 0 Å². The summed E-state index contributed by atoms with van der Waals surface area (Å²) in [6, 6.07) is 10.4. The Hall–Kier alpha value is -2.60. The Bertz CT molecular complexity index is 815. The standard InChI is InChI=1S/C17H20N6/c1-21-8-10-22(11-9-21)14-4-2-13(3-5-14)15-12-20-23-16(18)6-7-19-17(15)23/h2-7,12H,8-11,18H2,1H3. The van der Waals surface area contributed by atoms with E-state index in [1.54, 1.807) is 16.8 Å². The van der Waals surface area contributed by atoms with Crippen molar-refractivity contribution in [2.75, 3.05) is 43.9 Å². The molecule has 0 radical (unpaired) electrons. The van der Waals surface area contributed by atoms with E-state index in [0.717, 1.165) is 43.0 Å². The Morgan fingerprint density at radius 1 is 1.00 bits per heavy atom. The summed E-state index contributed by atoms with van der Waals surface area (Å²) in [5.74, 6) is 0.593. The second-order valence-corrected chi connectivity index (χ2v) is 6.00. The highest BCUT2D eigenvalue weighted by Crippen LogP contribution is 2.27. The smallest absolute Gasteiger partial charge is 0.165 e. The van der Waals surface area contributed by atoms with Gasteiger partial charge < -0.3 is 15.5 Å². The van der Waals surface area contributed by atoms with Gasteiger partial charge >= 0.3 is 0 Å². The van der Waals surface area contributed by atoms with Crippen molar-refractivity contribution in [3.05, 3.63) is 42.7 Å². The van der Waals surface area contributed by atoms with Crippen LogP contribution in [-0.4, -0.2) is 52.7 Å². The Morgan fingerprint density at radius 2 is 1.74 bits per heavy atom. The van der Waals surface area contributed by atoms with Gasteiger partial charge in [-0.25, -0.2) is 4.98 Å². The number of aromatic nitrogens is 3. The molecule has 1 aromatic carbocycles. The lowest BCUT2D eigenvalue weighted by Crippen LogP contribution is -2.44. The van der Waals surface area contributed by atoms with Crippen molar-refractivity contribution in [2.24, 2.45) is 0 Å². The quantitative estimate of drug-likeness (QED) is 0.781. The molecule has 0 amide bonds. The number of benzene rings is 1. The number of likely N-dealkylation sites (N-methyl/N-ethyl adjacent to an activating group) is 1. The third-order valence-electron chi connectivity index (χ3n) is 4.48. The lowest BCUT2D eigenvalue weighted by molar-refractivity contribution is 0.313. The lowest BCUT2D eigenvalue weighted by Gasteiger charge is -2.34. The first kappa shape index (κ1) is 14.0. The summed E-state index contributed by atoms with van der Waals surface area (Å²) in [5, 5.41) is 4.33. The van der Waals surface area contributed by atoms with Crippen LogP contribution in [0.25, 0.3) is 16.8 Å². The molecule has 2 aromatic heterocycles. The summed E-state index contributed by atoms with van der Waals surface area (Å²) >= 11 is 0. The predicted octanol–water partition coefficient (Wildman–Crippen LogP) is 1.73. The van der Waals surface area contributed by atoms with E-state index in [1.165, 1.54) is 5.69 Å². The first-order valence-electron chi connectivity index (χ1n) is 7.84. The Balaban J connectivity index is 1.64. The van der Waals surface area contributed by atoms with Crippen molar-refractivity contribution < 1.29 is 0 Å². The van der Waals surface area contributed by atoms with Gasteiger partial charge in [0.15, 0.2) is 5.65 Å². The van der Waals surface area contributed by atoms with Gasteiger partial charge in [-0.15, -0.1) is 0 Å². The molecule has 2 N–H and O–H groups in total. The molecular weight excluding hydrogens is 288 g/mol. The third-order valence-corrected chi connectivity index (χ3v) is 4.48. The van der Waals surface area contributed by atoms with Crippen LogP contribution in [0.2, 0.25) is 0 Å². The zero-order chi connectivity index (χ0) is 15.8. The van der Waals surface area contributed by atoms with E-state index in [-0.39, 0.29) is 0 Å². The number of fused-ring (bicyclic) bond motifs is 1. The molecule has 1 aliphatic rings. The average molecular weight is 308 g/mol. The minimum atomic E-state index is 0.593. The first-order valence-corrected chi connectivity index (χ1v) is 7.84. The average Bonchev–Trinajstić information content (AvgIpc) is 3.01. The van der Waals surface area contributed by atoms with E-state index in [2.05, 4.69) is 51.2 Å². The van der Waals surface area contributed by atoms with Crippen molar-refractivity contribution >= 4 is 17.2 Å². The van der Waals surface area contributed by atoms with Crippen LogP contribution in [0.4, 0.5) is 11.5 Å². The maximum absolute atomic E-state index is 5.93. The molecule has 4 rings (SSSR count). The molecule has 3 aromatic rings. The fraction of sp³-hybridized carbons (Fsp3) is 0.294. The molecule has 1 aliphatic heterocycles. The molecule has 6 nitrogen and oxygen atoms in total. The SMILES string of the molecule is CN1CCN(c2ccc(-c3cnn4c(N)ccnc34)cc2)CC1. The number of nitrogens with two attached hydrogens (primary N) is 1. The van der Waals surface area contributed by atoms with Crippen molar-refractivity contribution in [3.8, 4) is 11.1 Å². The fourth-order valence-corrected chi connectivity index (χ4v) is 3.03. The second-order valence-electron chi connectivity index (χ2n) is 6.00. The Kier molecular flexibility index (Phi) is 3.38. The zero-order valence-electron chi connectivity index (χ0n) is 13.2. The maximum Gasteiger partial charge on any atom is 0.165 e. The molecule has 118 valence electrons. The molecule has 0 unspecified atom stereocenters. The molecule has 0 atom stereocenters. The molecular formula is C17H20N6. The van der Waals surface area contributed by atoms with Gasteiger partial charge in [-0.05, 0) is 30.8 Å². The largest absolute Gasteiger partial charge is 0.384 e. The molecule has 1 saturated heterocycles. The lowest BCUT2D eigenvalue weighted by atomic mass is 10.1. The van der Waals surface area contributed by atoms with E-state index in [9.17, 15) is 0 Å². The summed E-state index contributed by atoms with van der Waals surface area (Å²) in [4.78, 5) is 9.19. The number of rotatable bonds is 2. The number of nitrogen functional groups attached to an aromatic ring is 1. The van der Waals surface area contributed by atoms with Crippen LogP contribution in [0.15, 0.2) is 42.7 Å². The summed E-state index contributed by atoms with van der Waals surface area (Å²) in [6.45, 7) is 4.37. The van der Waals surface area contributed by atoms with Crippen LogP contribution in [0, 0.1) is 0 Å². The van der Waals surface area contributed by atoms with E-state index in [4.69, 9.17) is 5.73 Å². The predicted molar refractivity (Wildman–Crippen MR) is 92.5 cm³/mol. The van der Waals surface area contributed by atoms with Crippen LogP contribution < -0.4 is 10.6 Å². The second kappa shape index (κ2) is 5.55. The number of piperazine rings is 1. The molecule has 0 bridgehead atoms. The van der Waals surface area contributed by atoms with E-state index >= 15 is 0 Å². The zero-order valence-corrected chi connectivity index (χ0v) is 13.2. The maximum atomic E-state index is 5.93. The molecule has 3 heterocycles. The fourth-order valence-electron chi connectivity index (χ4n) is 3.03. The van der Waals surface area contributed by atoms with Crippen molar-refractivity contribution in [2.45, 2.75) is 0 Å². The molecule has 23 heavy (non-hydrogen) atoms. The van der Waals surface area contributed by atoms with E-state index in [0.29, 0.717) is 5.82 Å². The summed E-state index contributed by atoms with van der Waals surface area (Å²) < 4.78 is 1.67. The van der Waals surface area contributed by atoms with Gasteiger partial charge in [-0.3, -0.25) is 0 Å². The Morgan fingerprint density at radius 3 is 2.48 bits per heavy atom. The van der Waals surface area contributed by atoms with Gasteiger partial charge in [0.1, 0.15) is 5.82 Å². The van der Waals surface area contributed by atoms with Crippen molar-refractivity contribution in [1.82, 2.24) is 19.5 Å². The highest BCUT2D eigenvalue weighted by Gasteiger charge is 2.15. The van der Waals surface area contributed by atoms with Crippen molar-refractivity contribution in [1.29, 1.82) is 0 Å². The molecule has 0 spiro atoms. The highest BCUT2D eigenvalue weighted by molar-refractivity contribution is 5.78. The van der Waals surface area contributed by atoms with Crippen LogP contribution in [0.3, 0.4) is 0 Å². The minimum absolute atomic E-state index is 0.593. The number of hydrogen-bond acceptors (Lipinski definition) is 5.